The highest BCUT2D eigenvalue weighted by Crippen LogP contribution is 2.26. The van der Waals surface area contributed by atoms with Gasteiger partial charge in [0.2, 0.25) is 0 Å². The topological polar surface area (TPSA) is 84.5 Å². The number of hydrogen-bond acceptors (Lipinski definition) is 4. The van der Waals surface area contributed by atoms with E-state index in [-0.39, 0.29) is 21.4 Å². The van der Waals surface area contributed by atoms with Crippen molar-refractivity contribution in [3.63, 3.8) is 0 Å². The summed E-state index contributed by atoms with van der Waals surface area (Å²) in [7, 11) is -3.98. The summed E-state index contributed by atoms with van der Waals surface area (Å²) in [5.41, 5.74) is 3.75. The van der Waals surface area contributed by atoms with Crippen molar-refractivity contribution in [2.75, 3.05) is 17.9 Å². The first-order valence-electron chi connectivity index (χ1n) is 11.1. The Balaban J connectivity index is 1.65. The quantitative estimate of drug-likeness (QED) is 0.359. The van der Waals surface area contributed by atoms with Gasteiger partial charge in [0.25, 0.3) is 15.9 Å². The number of benzene rings is 3. The molecule has 3 rings (SSSR count). The molecule has 0 saturated carbocycles. The second kappa shape index (κ2) is 11.4. The summed E-state index contributed by atoms with van der Waals surface area (Å²) in [4.78, 5) is 12.5. The Morgan fingerprint density at radius 2 is 1.76 bits per heavy atom. The Morgan fingerprint density at radius 1 is 1.00 bits per heavy atom. The lowest BCUT2D eigenvalue weighted by Crippen LogP contribution is -2.25. The third-order valence-electron chi connectivity index (χ3n) is 5.42. The molecule has 0 spiro atoms. The molecule has 180 valence electrons. The van der Waals surface area contributed by atoms with Crippen LogP contribution in [0, 0.1) is 13.8 Å². The zero-order valence-electron chi connectivity index (χ0n) is 19.5. The van der Waals surface area contributed by atoms with E-state index in [0.29, 0.717) is 25.3 Å². The van der Waals surface area contributed by atoms with Gasteiger partial charge >= 0.3 is 0 Å². The lowest BCUT2D eigenvalue weighted by molar-refractivity contribution is 0.0953. The molecule has 8 heteroatoms. The Labute approximate surface area is 206 Å². The molecular weight excluding hydrogens is 472 g/mol. The van der Waals surface area contributed by atoms with Crippen molar-refractivity contribution in [2.24, 2.45) is 0 Å². The highest BCUT2D eigenvalue weighted by Gasteiger charge is 2.20. The maximum absolute atomic E-state index is 13.0. The van der Waals surface area contributed by atoms with Crippen LogP contribution in [-0.2, 0) is 16.4 Å². The van der Waals surface area contributed by atoms with Gasteiger partial charge in [-0.25, -0.2) is 8.42 Å². The van der Waals surface area contributed by atoms with Crippen molar-refractivity contribution in [2.45, 2.75) is 38.5 Å². The maximum Gasteiger partial charge on any atom is 0.263 e. The zero-order valence-corrected chi connectivity index (χ0v) is 21.1. The van der Waals surface area contributed by atoms with Crippen LogP contribution >= 0.6 is 11.6 Å². The summed E-state index contributed by atoms with van der Waals surface area (Å²) >= 11 is 6.18. The number of amides is 1. The first kappa shape index (κ1) is 25.6. The van der Waals surface area contributed by atoms with Gasteiger partial charge in [-0.3, -0.25) is 9.52 Å². The summed E-state index contributed by atoms with van der Waals surface area (Å²) in [6.45, 7) is 6.82. The number of aryl methyl sites for hydroxylation is 3. The standard InChI is InChI=1S/C26H29ClN2O4S/c1-4-33-24-10-6-5-8-20(24)9-7-15-28-26(30)21-12-14-23(27)25(17-21)34(31,32)29-22-13-11-18(2)19(3)16-22/h5-6,8,10-14,16-17,29H,4,7,9,15H2,1-3H3,(H,28,30). The molecule has 6 nitrogen and oxygen atoms in total. The van der Waals surface area contributed by atoms with Crippen molar-refractivity contribution in [3.05, 3.63) is 87.9 Å². The fraction of sp³-hybridized carbons (Fsp3) is 0.269. The van der Waals surface area contributed by atoms with Gasteiger partial charge in [-0.1, -0.05) is 35.9 Å². The summed E-state index contributed by atoms with van der Waals surface area (Å²) in [6.07, 6.45) is 1.46. The van der Waals surface area contributed by atoms with Crippen molar-refractivity contribution in [3.8, 4) is 5.75 Å². The van der Waals surface area contributed by atoms with Crippen molar-refractivity contribution < 1.29 is 17.9 Å². The Morgan fingerprint density at radius 3 is 2.50 bits per heavy atom. The van der Waals surface area contributed by atoms with Crippen LogP contribution in [0.25, 0.3) is 0 Å². The molecule has 0 radical (unpaired) electrons. The van der Waals surface area contributed by atoms with E-state index in [1.54, 1.807) is 12.1 Å². The van der Waals surface area contributed by atoms with Gasteiger partial charge in [0.1, 0.15) is 10.6 Å². The summed E-state index contributed by atoms with van der Waals surface area (Å²) in [5, 5.41) is 2.89. The maximum atomic E-state index is 13.0. The molecule has 3 aromatic rings. The van der Waals surface area contributed by atoms with E-state index in [2.05, 4.69) is 10.0 Å². The normalized spacial score (nSPS) is 11.2. The predicted molar refractivity (Wildman–Crippen MR) is 136 cm³/mol. The Bertz CT molecular complexity index is 1280. The van der Waals surface area contributed by atoms with Gasteiger partial charge in [-0.2, -0.15) is 0 Å². The minimum absolute atomic E-state index is 0.0421. The molecule has 0 atom stereocenters. The number of para-hydroxylation sites is 1. The van der Waals surface area contributed by atoms with Crippen LogP contribution in [0.3, 0.4) is 0 Å². The van der Waals surface area contributed by atoms with Gasteiger partial charge in [0, 0.05) is 17.8 Å². The largest absolute Gasteiger partial charge is 0.494 e. The Kier molecular flexibility index (Phi) is 8.58. The number of carbonyl (C=O) groups is 1. The number of ether oxygens (including phenoxy) is 1. The van der Waals surface area contributed by atoms with Gasteiger partial charge in [-0.05, 0) is 86.7 Å². The lowest BCUT2D eigenvalue weighted by atomic mass is 10.1. The average molecular weight is 501 g/mol. The molecule has 0 bridgehead atoms. The number of hydrogen-bond donors (Lipinski definition) is 2. The number of halogens is 1. The van der Waals surface area contributed by atoms with Crippen LogP contribution in [0.4, 0.5) is 5.69 Å². The van der Waals surface area contributed by atoms with Crippen LogP contribution < -0.4 is 14.8 Å². The number of anilines is 1. The van der Waals surface area contributed by atoms with Crippen LogP contribution in [0.5, 0.6) is 5.75 Å². The second-order valence-electron chi connectivity index (χ2n) is 7.95. The average Bonchev–Trinajstić information content (AvgIpc) is 2.80. The molecular formula is C26H29ClN2O4S. The fourth-order valence-corrected chi connectivity index (χ4v) is 5.03. The fourth-order valence-electron chi connectivity index (χ4n) is 3.46. The Hall–Kier alpha value is -3.03. The first-order valence-corrected chi connectivity index (χ1v) is 13.0. The molecule has 1 amide bonds. The molecule has 0 saturated heterocycles. The molecule has 3 aromatic carbocycles. The predicted octanol–water partition coefficient (Wildman–Crippen LogP) is 5.52. The van der Waals surface area contributed by atoms with E-state index in [1.165, 1.54) is 18.2 Å². The highest BCUT2D eigenvalue weighted by molar-refractivity contribution is 7.92. The first-order chi connectivity index (χ1) is 16.2. The molecule has 0 fully saturated rings. The summed E-state index contributed by atoms with van der Waals surface area (Å²) < 4.78 is 34.1. The van der Waals surface area contributed by atoms with Gasteiger partial charge < -0.3 is 10.1 Å². The molecule has 0 unspecified atom stereocenters. The second-order valence-corrected chi connectivity index (χ2v) is 10.0. The van der Waals surface area contributed by atoms with Crippen molar-refractivity contribution in [1.82, 2.24) is 5.32 Å². The summed E-state index contributed by atoms with van der Waals surface area (Å²) in [6, 6.07) is 17.3. The van der Waals surface area contributed by atoms with Crippen LogP contribution in [-0.4, -0.2) is 27.5 Å². The summed E-state index contributed by atoms with van der Waals surface area (Å²) in [5.74, 6) is 0.484. The third-order valence-corrected chi connectivity index (χ3v) is 7.29. The molecule has 2 N–H and O–H groups in total. The minimum Gasteiger partial charge on any atom is -0.494 e. The van der Waals surface area contributed by atoms with E-state index in [0.717, 1.165) is 28.9 Å². The molecule has 0 aromatic heterocycles. The van der Waals surface area contributed by atoms with Crippen LogP contribution in [0.2, 0.25) is 5.02 Å². The SMILES string of the molecule is CCOc1ccccc1CCCNC(=O)c1ccc(Cl)c(S(=O)(=O)Nc2ccc(C)c(C)c2)c1. The van der Waals surface area contributed by atoms with E-state index >= 15 is 0 Å². The van der Waals surface area contributed by atoms with Crippen LogP contribution in [0.1, 0.15) is 40.4 Å². The molecule has 0 aliphatic rings. The highest BCUT2D eigenvalue weighted by atomic mass is 35.5. The van der Waals surface area contributed by atoms with E-state index in [1.807, 2.05) is 51.1 Å². The number of carbonyl (C=O) groups excluding carboxylic acids is 1. The van der Waals surface area contributed by atoms with Gasteiger partial charge in [0.05, 0.1) is 11.6 Å². The zero-order chi connectivity index (χ0) is 24.7. The smallest absolute Gasteiger partial charge is 0.263 e. The van der Waals surface area contributed by atoms with E-state index < -0.39 is 10.0 Å². The van der Waals surface area contributed by atoms with Crippen LogP contribution in [0.15, 0.2) is 65.6 Å². The molecule has 0 aliphatic carbocycles. The van der Waals surface area contributed by atoms with E-state index in [9.17, 15) is 13.2 Å². The molecule has 0 heterocycles. The van der Waals surface area contributed by atoms with Crippen molar-refractivity contribution >= 4 is 33.2 Å². The minimum atomic E-state index is -3.98. The number of rotatable bonds is 10. The van der Waals surface area contributed by atoms with E-state index in [4.69, 9.17) is 16.3 Å². The van der Waals surface area contributed by atoms with Crippen molar-refractivity contribution in [1.29, 1.82) is 0 Å². The monoisotopic (exact) mass is 500 g/mol. The number of sulfonamides is 1. The van der Waals surface area contributed by atoms with Gasteiger partial charge in [-0.15, -0.1) is 0 Å². The number of nitrogens with one attached hydrogen (secondary N) is 2. The molecule has 34 heavy (non-hydrogen) atoms. The lowest BCUT2D eigenvalue weighted by Gasteiger charge is -2.13. The molecule has 0 aliphatic heterocycles. The third kappa shape index (κ3) is 6.52. The van der Waals surface area contributed by atoms with Gasteiger partial charge in [0.15, 0.2) is 0 Å².